The molecule has 0 saturated carbocycles. The SMILES string of the molecule is CC(C)CC(CN)NC(=O)c1ccc([N+](=O)[O-])cc1Cl.Cl. The van der Waals surface area contributed by atoms with Crippen LogP contribution in [0.1, 0.15) is 30.6 Å². The lowest BCUT2D eigenvalue weighted by Gasteiger charge is -2.19. The van der Waals surface area contributed by atoms with Crippen LogP contribution in [0.5, 0.6) is 0 Å². The van der Waals surface area contributed by atoms with E-state index in [0.717, 1.165) is 12.5 Å². The molecular weight excluding hydrogens is 317 g/mol. The fraction of sp³-hybridized carbons (Fsp3) is 0.462. The number of nitrogens with one attached hydrogen (secondary N) is 1. The van der Waals surface area contributed by atoms with Gasteiger partial charge >= 0.3 is 0 Å². The summed E-state index contributed by atoms with van der Waals surface area (Å²) in [5, 5.41) is 13.4. The summed E-state index contributed by atoms with van der Waals surface area (Å²) >= 11 is 5.90. The molecule has 3 N–H and O–H groups in total. The number of carbonyl (C=O) groups excluding carboxylic acids is 1. The Morgan fingerprint density at radius 2 is 2.10 bits per heavy atom. The molecule has 0 saturated heterocycles. The van der Waals surface area contributed by atoms with E-state index in [9.17, 15) is 14.9 Å². The van der Waals surface area contributed by atoms with E-state index >= 15 is 0 Å². The van der Waals surface area contributed by atoms with Crippen molar-refractivity contribution in [3.05, 3.63) is 38.9 Å². The summed E-state index contributed by atoms with van der Waals surface area (Å²) in [5.41, 5.74) is 5.67. The smallest absolute Gasteiger partial charge is 0.270 e. The van der Waals surface area contributed by atoms with E-state index in [1.165, 1.54) is 12.1 Å². The summed E-state index contributed by atoms with van der Waals surface area (Å²) < 4.78 is 0. The Morgan fingerprint density at radius 3 is 2.52 bits per heavy atom. The Bertz CT molecular complexity index is 509. The topological polar surface area (TPSA) is 98.3 Å². The van der Waals surface area contributed by atoms with Crippen molar-refractivity contribution in [3.63, 3.8) is 0 Å². The van der Waals surface area contributed by atoms with Gasteiger partial charge in [-0.3, -0.25) is 14.9 Å². The third kappa shape index (κ3) is 5.87. The third-order valence-corrected chi connectivity index (χ3v) is 3.10. The number of halogens is 2. The van der Waals surface area contributed by atoms with E-state index in [0.29, 0.717) is 12.5 Å². The number of non-ortho nitro benzene ring substituents is 1. The average Bonchev–Trinajstić information content (AvgIpc) is 2.36. The van der Waals surface area contributed by atoms with Gasteiger partial charge in [-0.15, -0.1) is 12.4 Å². The molecule has 8 heteroatoms. The van der Waals surface area contributed by atoms with Gasteiger partial charge in [0.1, 0.15) is 0 Å². The molecule has 0 aliphatic carbocycles. The predicted molar refractivity (Wildman–Crippen MR) is 85.1 cm³/mol. The zero-order chi connectivity index (χ0) is 15.3. The maximum absolute atomic E-state index is 12.1. The molecule has 6 nitrogen and oxygen atoms in total. The van der Waals surface area contributed by atoms with E-state index in [1.54, 1.807) is 0 Å². The van der Waals surface area contributed by atoms with Crippen LogP contribution >= 0.6 is 24.0 Å². The summed E-state index contributed by atoms with van der Waals surface area (Å²) in [6, 6.07) is 3.62. The van der Waals surface area contributed by atoms with Gasteiger partial charge in [0, 0.05) is 24.7 Å². The van der Waals surface area contributed by atoms with Gasteiger partial charge in [0.15, 0.2) is 0 Å². The second-order valence-electron chi connectivity index (χ2n) is 4.96. The fourth-order valence-electron chi connectivity index (χ4n) is 1.85. The number of benzene rings is 1. The van der Waals surface area contributed by atoms with Crippen molar-refractivity contribution in [3.8, 4) is 0 Å². The number of nitrogens with two attached hydrogens (primary N) is 1. The first-order valence-corrected chi connectivity index (χ1v) is 6.67. The van der Waals surface area contributed by atoms with E-state index in [-0.39, 0.29) is 40.6 Å². The summed E-state index contributed by atoms with van der Waals surface area (Å²) in [6.07, 6.45) is 0.757. The minimum atomic E-state index is -0.561. The van der Waals surface area contributed by atoms with Gasteiger partial charge in [0.05, 0.1) is 15.5 Å². The Labute approximate surface area is 134 Å². The van der Waals surface area contributed by atoms with Gasteiger partial charge in [-0.25, -0.2) is 0 Å². The number of hydrogen-bond donors (Lipinski definition) is 2. The number of carbonyl (C=O) groups is 1. The van der Waals surface area contributed by atoms with Crippen LogP contribution < -0.4 is 11.1 Å². The number of nitro groups is 1. The monoisotopic (exact) mass is 335 g/mol. The molecule has 0 heterocycles. The highest BCUT2D eigenvalue weighted by Gasteiger charge is 2.18. The molecule has 0 aromatic heterocycles. The molecule has 0 radical (unpaired) electrons. The van der Waals surface area contributed by atoms with Crippen molar-refractivity contribution in [2.45, 2.75) is 26.3 Å². The first-order chi connectivity index (χ1) is 9.35. The second kappa shape index (κ2) is 8.81. The summed E-state index contributed by atoms with van der Waals surface area (Å²) in [5.74, 6) is 0.0252. The zero-order valence-electron chi connectivity index (χ0n) is 11.8. The molecule has 1 unspecified atom stereocenters. The molecule has 21 heavy (non-hydrogen) atoms. The van der Waals surface area contributed by atoms with Gasteiger partial charge in [-0.1, -0.05) is 25.4 Å². The average molecular weight is 336 g/mol. The maximum Gasteiger partial charge on any atom is 0.270 e. The number of amides is 1. The van der Waals surface area contributed by atoms with E-state index in [2.05, 4.69) is 5.32 Å². The summed E-state index contributed by atoms with van der Waals surface area (Å²) in [6.45, 7) is 4.40. The molecule has 1 aromatic carbocycles. The van der Waals surface area contributed by atoms with Gasteiger partial charge in [-0.05, 0) is 18.4 Å². The molecule has 118 valence electrons. The van der Waals surface area contributed by atoms with Crippen molar-refractivity contribution in [2.24, 2.45) is 11.7 Å². The predicted octanol–water partition coefficient (Wildman–Crippen LogP) is 2.77. The maximum atomic E-state index is 12.1. The quantitative estimate of drug-likeness (QED) is 0.616. The van der Waals surface area contributed by atoms with Crippen LogP contribution in [-0.4, -0.2) is 23.4 Å². The lowest BCUT2D eigenvalue weighted by atomic mass is 10.0. The van der Waals surface area contributed by atoms with Gasteiger partial charge in [0.2, 0.25) is 0 Å². The largest absolute Gasteiger partial charge is 0.348 e. The standard InChI is InChI=1S/C13H18ClN3O3.ClH/c1-8(2)5-9(7-15)16-13(18)11-4-3-10(17(19)20)6-12(11)14;/h3-4,6,8-9H,5,7,15H2,1-2H3,(H,16,18);1H. The van der Waals surface area contributed by atoms with Crippen molar-refractivity contribution in [1.82, 2.24) is 5.32 Å². The highest BCUT2D eigenvalue weighted by molar-refractivity contribution is 6.34. The lowest BCUT2D eigenvalue weighted by molar-refractivity contribution is -0.384. The van der Waals surface area contributed by atoms with Crippen molar-refractivity contribution >= 4 is 35.6 Å². The normalized spacial score (nSPS) is 11.7. The molecule has 0 bridgehead atoms. The molecule has 0 fully saturated rings. The zero-order valence-corrected chi connectivity index (χ0v) is 13.4. The van der Waals surface area contributed by atoms with Gasteiger partial charge in [-0.2, -0.15) is 0 Å². The van der Waals surface area contributed by atoms with Gasteiger partial charge in [0.25, 0.3) is 11.6 Å². The van der Waals surface area contributed by atoms with Crippen molar-refractivity contribution < 1.29 is 9.72 Å². The molecule has 1 atom stereocenters. The summed E-state index contributed by atoms with van der Waals surface area (Å²) in [7, 11) is 0. The van der Waals surface area contributed by atoms with E-state index in [4.69, 9.17) is 17.3 Å². The van der Waals surface area contributed by atoms with E-state index < -0.39 is 4.92 Å². The third-order valence-electron chi connectivity index (χ3n) is 2.78. The number of rotatable bonds is 6. The highest BCUT2D eigenvalue weighted by Crippen LogP contribution is 2.22. The number of hydrogen-bond acceptors (Lipinski definition) is 4. The van der Waals surface area contributed by atoms with Gasteiger partial charge < -0.3 is 11.1 Å². The Morgan fingerprint density at radius 1 is 1.48 bits per heavy atom. The molecule has 0 aliphatic rings. The van der Waals surface area contributed by atoms with Crippen LogP contribution in [0, 0.1) is 16.0 Å². The van der Waals surface area contributed by atoms with Crippen LogP contribution in [0.25, 0.3) is 0 Å². The molecular formula is C13H19Cl2N3O3. The lowest BCUT2D eigenvalue weighted by Crippen LogP contribution is -2.41. The number of nitro benzene ring substituents is 1. The fourth-order valence-corrected chi connectivity index (χ4v) is 2.11. The second-order valence-corrected chi connectivity index (χ2v) is 5.36. The van der Waals surface area contributed by atoms with Crippen LogP contribution in [0.4, 0.5) is 5.69 Å². The first kappa shape index (κ1) is 19.6. The molecule has 0 aliphatic heterocycles. The Hall–Kier alpha value is -1.37. The van der Waals surface area contributed by atoms with Crippen LogP contribution in [0.3, 0.4) is 0 Å². The first-order valence-electron chi connectivity index (χ1n) is 6.30. The minimum Gasteiger partial charge on any atom is -0.348 e. The van der Waals surface area contributed by atoms with Crippen LogP contribution in [0.15, 0.2) is 18.2 Å². The minimum absolute atomic E-state index is 0. The molecule has 1 amide bonds. The molecule has 0 spiro atoms. The number of nitrogens with zero attached hydrogens (tertiary/aromatic N) is 1. The Kier molecular flexibility index (Phi) is 8.24. The summed E-state index contributed by atoms with van der Waals surface area (Å²) in [4.78, 5) is 22.1. The van der Waals surface area contributed by atoms with Crippen LogP contribution in [-0.2, 0) is 0 Å². The molecule has 1 rings (SSSR count). The highest BCUT2D eigenvalue weighted by atomic mass is 35.5. The van der Waals surface area contributed by atoms with E-state index in [1.807, 2.05) is 13.8 Å². The van der Waals surface area contributed by atoms with Crippen molar-refractivity contribution in [1.29, 1.82) is 0 Å². The van der Waals surface area contributed by atoms with Crippen LogP contribution in [0.2, 0.25) is 5.02 Å². The van der Waals surface area contributed by atoms with Crippen molar-refractivity contribution in [2.75, 3.05) is 6.54 Å². The Balaban J connectivity index is 0.00000400. The molecule has 1 aromatic rings.